The molecule has 0 aromatic rings. The Morgan fingerprint density at radius 1 is 0.585 bits per heavy atom. The van der Waals surface area contributed by atoms with E-state index in [4.69, 9.17) is 24.8 Å². The molecule has 0 rings (SSSR count). The highest BCUT2D eigenvalue weighted by molar-refractivity contribution is 7.47. The summed E-state index contributed by atoms with van der Waals surface area (Å²) in [6.45, 7) is 2.71. The Bertz CT molecular complexity index is 1050. The number of phosphoric ester groups is 1. The SMILES string of the molecule is CCCC/C=C/C/C=C/CCCCCCCC(=O)O[C@H](COC(=O)CCCC/C=C/CCCCCCCCCCC)COP(=O)(O)OC[C@H](N)C(=O)O. The molecule has 0 spiro atoms. The number of carbonyl (C=O) groups is 3. The van der Waals surface area contributed by atoms with Gasteiger partial charge in [0.1, 0.15) is 12.6 Å². The average molecular weight is 772 g/mol. The summed E-state index contributed by atoms with van der Waals surface area (Å²) in [5.41, 5.74) is 5.32. The van der Waals surface area contributed by atoms with E-state index >= 15 is 0 Å². The van der Waals surface area contributed by atoms with Crippen LogP contribution in [0, 0.1) is 0 Å². The Morgan fingerprint density at radius 3 is 1.58 bits per heavy atom. The van der Waals surface area contributed by atoms with E-state index in [1.807, 2.05) is 0 Å². The zero-order chi connectivity index (χ0) is 39.3. The van der Waals surface area contributed by atoms with E-state index in [2.05, 4.69) is 54.8 Å². The van der Waals surface area contributed by atoms with E-state index in [9.17, 15) is 23.8 Å². The molecule has 0 aliphatic heterocycles. The third-order valence-electron chi connectivity index (χ3n) is 8.61. The molecule has 3 atom stereocenters. The molecule has 0 saturated carbocycles. The molecular weight excluding hydrogens is 697 g/mol. The maximum absolute atomic E-state index is 12.6. The molecule has 11 nitrogen and oxygen atoms in total. The third-order valence-corrected chi connectivity index (χ3v) is 9.56. The number of allylic oxidation sites excluding steroid dienone is 6. The maximum atomic E-state index is 12.6. The molecule has 0 amide bonds. The van der Waals surface area contributed by atoms with Gasteiger partial charge in [0, 0.05) is 12.8 Å². The lowest BCUT2D eigenvalue weighted by Gasteiger charge is -2.20. The van der Waals surface area contributed by atoms with Crippen molar-refractivity contribution in [3.63, 3.8) is 0 Å². The first-order chi connectivity index (χ1) is 25.6. The zero-order valence-corrected chi connectivity index (χ0v) is 34.0. The maximum Gasteiger partial charge on any atom is 0.472 e. The van der Waals surface area contributed by atoms with Crippen LogP contribution in [0.5, 0.6) is 0 Å². The number of hydrogen-bond acceptors (Lipinski definition) is 9. The minimum atomic E-state index is -4.72. The van der Waals surface area contributed by atoms with Gasteiger partial charge >= 0.3 is 25.7 Å². The number of ether oxygens (including phenoxy) is 2. The van der Waals surface area contributed by atoms with Gasteiger partial charge in [-0.25, -0.2) is 4.57 Å². The van der Waals surface area contributed by atoms with E-state index in [-0.39, 0.29) is 19.4 Å². The van der Waals surface area contributed by atoms with Crippen molar-refractivity contribution in [2.45, 2.75) is 187 Å². The van der Waals surface area contributed by atoms with E-state index in [1.165, 1.54) is 70.6 Å². The molecular formula is C41H74NO10P. The van der Waals surface area contributed by atoms with Crippen LogP contribution >= 0.6 is 7.82 Å². The fourth-order valence-electron chi connectivity index (χ4n) is 5.31. The number of carboxylic acids is 1. The number of carbonyl (C=O) groups excluding carboxylic acids is 2. The first-order valence-corrected chi connectivity index (χ1v) is 22.0. The second-order valence-corrected chi connectivity index (χ2v) is 15.2. The molecule has 308 valence electrons. The van der Waals surface area contributed by atoms with Crippen molar-refractivity contribution < 1.29 is 47.5 Å². The highest BCUT2D eigenvalue weighted by Gasteiger charge is 2.28. The highest BCUT2D eigenvalue weighted by atomic mass is 31.2. The van der Waals surface area contributed by atoms with Gasteiger partial charge < -0.3 is 25.2 Å². The number of rotatable bonds is 38. The molecule has 0 aromatic heterocycles. The number of phosphoric acid groups is 1. The lowest BCUT2D eigenvalue weighted by molar-refractivity contribution is -0.161. The van der Waals surface area contributed by atoms with Crippen LogP contribution < -0.4 is 5.73 Å². The first kappa shape index (κ1) is 50.7. The molecule has 0 bridgehead atoms. The van der Waals surface area contributed by atoms with Gasteiger partial charge in [-0.05, 0) is 64.2 Å². The van der Waals surface area contributed by atoms with Crippen molar-refractivity contribution in [1.82, 2.24) is 0 Å². The third kappa shape index (κ3) is 36.4. The van der Waals surface area contributed by atoms with Crippen molar-refractivity contribution in [2.24, 2.45) is 5.73 Å². The average Bonchev–Trinajstić information content (AvgIpc) is 3.13. The fourth-order valence-corrected chi connectivity index (χ4v) is 6.09. The van der Waals surface area contributed by atoms with Gasteiger partial charge in [0.25, 0.3) is 0 Å². The second-order valence-electron chi connectivity index (χ2n) is 13.8. The van der Waals surface area contributed by atoms with Crippen LogP contribution in [-0.4, -0.2) is 59.9 Å². The van der Waals surface area contributed by atoms with E-state index < -0.39 is 51.1 Å². The Kier molecular flexibility index (Phi) is 35.1. The number of hydrogen-bond donors (Lipinski definition) is 3. The van der Waals surface area contributed by atoms with Crippen LogP contribution in [0.2, 0.25) is 0 Å². The minimum absolute atomic E-state index is 0.141. The molecule has 1 unspecified atom stereocenters. The Hall–Kier alpha value is -2.30. The summed E-state index contributed by atoms with van der Waals surface area (Å²) < 4.78 is 32.6. The van der Waals surface area contributed by atoms with Gasteiger partial charge in [0.2, 0.25) is 0 Å². The quantitative estimate of drug-likeness (QED) is 0.0236. The van der Waals surface area contributed by atoms with Crippen molar-refractivity contribution >= 4 is 25.7 Å². The molecule has 0 saturated heterocycles. The summed E-state index contributed by atoms with van der Waals surface area (Å²) in [6.07, 6.45) is 37.8. The monoisotopic (exact) mass is 772 g/mol. The first-order valence-electron chi connectivity index (χ1n) is 20.5. The summed E-state index contributed by atoms with van der Waals surface area (Å²) in [6, 6.07) is -1.53. The predicted molar refractivity (Wildman–Crippen MR) is 212 cm³/mol. The Labute approximate surface area is 321 Å². The molecule has 4 N–H and O–H groups in total. The summed E-state index contributed by atoms with van der Waals surface area (Å²) in [5, 5.41) is 8.87. The summed E-state index contributed by atoms with van der Waals surface area (Å²) in [4.78, 5) is 45.8. The van der Waals surface area contributed by atoms with Gasteiger partial charge in [0.15, 0.2) is 6.10 Å². The van der Waals surface area contributed by atoms with E-state index in [0.29, 0.717) is 12.8 Å². The second kappa shape index (κ2) is 36.7. The Balaban J connectivity index is 4.45. The number of carboxylic acid groups (broad SMARTS) is 1. The minimum Gasteiger partial charge on any atom is -0.480 e. The number of aliphatic carboxylic acids is 1. The van der Waals surface area contributed by atoms with Crippen molar-refractivity contribution in [3.8, 4) is 0 Å². The van der Waals surface area contributed by atoms with Crippen molar-refractivity contribution in [2.75, 3.05) is 19.8 Å². The van der Waals surface area contributed by atoms with E-state index in [1.54, 1.807) is 0 Å². The molecule has 0 fully saturated rings. The Morgan fingerprint density at radius 2 is 1.02 bits per heavy atom. The van der Waals surface area contributed by atoms with Gasteiger partial charge in [-0.1, -0.05) is 134 Å². The predicted octanol–water partition coefficient (Wildman–Crippen LogP) is 10.4. The van der Waals surface area contributed by atoms with Crippen LogP contribution in [-0.2, 0) is 37.5 Å². The smallest absolute Gasteiger partial charge is 0.472 e. The molecule has 0 aliphatic carbocycles. The number of esters is 2. The molecule has 53 heavy (non-hydrogen) atoms. The highest BCUT2D eigenvalue weighted by Crippen LogP contribution is 2.43. The van der Waals surface area contributed by atoms with Crippen LogP contribution in [0.1, 0.15) is 174 Å². The van der Waals surface area contributed by atoms with Crippen molar-refractivity contribution in [3.05, 3.63) is 36.5 Å². The largest absolute Gasteiger partial charge is 0.480 e. The van der Waals surface area contributed by atoms with Gasteiger partial charge in [-0.15, -0.1) is 0 Å². The lowest BCUT2D eigenvalue weighted by Crippen LogP contribution is -2.34. The summed E-state index contributed by atoms with van der Waals surface area (Å²) in [5.74, 6) is -2.42. The molecule has 12 heteroatoms. The van der Waals surface area contributed by atoms with Gasteiger partial charge in [-0.2, -0.15) is 0 Å². The molecule has 0 aliphatic rings. The molecule has 0 heterocycles. The number of unbranched alkanes of at least 4 members (excludes halogenated alkanes) is 18. The summed E-state index contributed by atoms with van der Waals surface area (Å²) in [7, 11) is -4.72. The fraction of sp³-hybridized carbons (Fsp3) is 0.780. The molecule has 0 aromatic carbocycles. The topological polar surface area (TPSA) is 172 Å². The molecule has 0 radical (unpaired) electrons. The lowest BCUT2D eigenvalue weighted by atomic mass is 10.1. The van der Waals surface area contributed by atoms with Crippen molar-refractivity contribution in [1.29, 1.82) is 0 Å². The van der Waals surface area contributed by atoms with Crippen LogP contribution in [0.3, 0.4) is 0 Å². The van der Waals surface area contributed by atoms with Crippen LogP contribution in [0.15, 0.2) is 36.5 Å². The van der Waals surface area contributed by atoms with E-state index in [0.717, 1.165) is 64.2 Å². The van der Waals surface area contributed by atoms with Crippen LogP contribution in [0.4, 0.5) is 0 Å². The standard InChI is InChI=1S/C41H74NO10P/c1-3-5-7-9-11-13-15-17-19-21-22-24-26-28-30-32-39(43)49-34-37(35-50-53(47,48)51-36-38(42)41(45)46)52-40(44)33-31-29-27-25-23-20-18-16-14-12-10-8-6-4-2/h10,12,16,18,22,24,37-38H,3-9,11,13-15,17,19-21,23,25-36,42H2,1-2H3,(H,45,46)(H,47,48)/b12-10+,18-16+,24-22+/t37-,38+/m1/s1. The number of nitrogens with two attached hydrogens (primary N) is 1. The normalized spacial score (nSPS) is 14.2. The van der Waals surface area contributed by atoms with Gasteiger partial charge in [-0.3, -0.25) is 23.4 Å². The van der Waals surface area contributed by atoms with Gasteiger partial charge in [0.05, 0.1) is 13.2 Å². The summed E-state index contributed by atoms with van der Waals surface area (Å²) >= 11 is 0. The zero-order valence-electron chi connectivity index (χ0n) is 33.1. The van der Waals surface area contributed by atoms with Crippen LogP contribution in [0.25, 0.3) is 0 Å².